The molecule has 1 aliphatic carbocycles. The van der Waals surface area contributed by atoms with Gasteiger partial charge in [0.1, 0.15) is 6.07 Å². The van der Waals surface area contributed by atoms with E-state index in [0.717, 1.165) is 16.8 Å². The molecular weight excluding hydrogens is 382 g/mol. The zero-order chi connectivity index (χ0) is 21.6. The summed E-state index contributed by atoms with van der Waals surface area (Å²) in [6.45, 7) is 12.6. The number of hydrogen-bond donors (Lipinski definition) is 2. The molecule has 2 aromatic rings. The number of carbonyl (C=O) groups is 1. The molecule has 3 rings (SSSR count). The van der Waals surface area contributed by atoms with Crippen molar-refractivity contribution in [3.8, 4) is 6.07 Å². The summed E-state index contributed by atoms with van der Waals surface area (Å²) in [5, 5.41) is 16.5. The molecule has 152 valence electrons. The molecule has 0 unspecified atom stereocenters. The molecule has 2 aromatic carbocycles. The molecule has 0 saturated heterocycles. The lowest BCUT2D eigenvalue weighted by molar-refractivity contribution is -0.0554. The topological polar surface area (TPSA) is 64.9 Å². The Bertz CT molecular complexity index is 970. The van der Waals surface area contributed by atoms with Crippen LogP contribution in [0.3, 0.4) is 0 Å². The third kappa shape index (κ3) is 3.60. The maximum atomic E-state index is 12.8. The van der Waals surface area contributed by atoms with Crippen LogP contribution in [0.2, 0.25) is 5.02 Å². The van der Waals surface area contributed by atoms with E-state index >= 15 is 0 Å². The summed E-state index contributed by atoms with van der Waals surface area (Å²) in [7, 11) is 0. The fourth-order valence-electron chi connectivity index (χ4n) is 4.90. The van der Waals surface area contributed by atoms with Gasteiger partial charge in [0, 0.05) is 34.2 Å². The number of hydrogen-bond acceptors (Lipinski definition) is 3. The van der Waals surface area contributed by atoms with E-state index in [1.807, 2.05) is 44.2 Å². The van der Waals surface area contributed by atoms with E-state index in [1.54, 1.807) is 6.07 Å². The van der Waals surface area contributed by atoms with Gasteiger partial charge >= 0.3 is 0 Å². The Balaban J connectivity index is 1.80. The van der Waals surface area contributed by atoms with Crippen LogP contribution in [0.1, 0.15) is 54.7 Å². The Kier molecular flexibility index (Phi) is 5.40. The summed E-state index contributed by atoms with van der Waals surface area (Å²) in [5.41, 5.74) is 3.73. The van der Waals surface area contributed by atoms with Gasteiger partial charge in [0.05, 0.1) is 10.6 Å². The third-order valence-corrected chi connectivity index (χ3v) is 6.86. The standard InChI is InChI=1S/C24H28ClN3O/c1-14-7-9-16(10-8-14)20(29)28-22-23(3,4)21(24(22,5)6)27-18-12-11-17(13-26)19(25)15(18)2/h7-12,21-22,27H,1-6H3,(H,28,29). The van der Waals surface area contributed by atoms with Crippen molar-refractivity contribution in [1.29, 1.82) is 5.26 Å². The SMILES string of the molecule is Cc1ccc(C(=O)NC2C(C)(C)C(Nc3ccc(C#N)c(Cl)c3C)C2(C)C)cc1. The van der Waals surface area contributed by atoms with Gasteiger partial charge in [-0.05, 0) is 43.7 Å². The maximum Gasteiger partial charge on any atom is 0.251 e. The van der Waals surface area contributed by atoms with Gasteiger partial charge in [-0.3, -0.25) is 4.79 Å². The van der Waals surface area contributed by atoms with Crippen LogP contribution in [0.5, 0.6) is 0 Å². The number of aryl methyl sites for hydroxylation is 1. The summed E-state index contributed by atoms with van der Waals surface area (Å²) in [4.78, 5) is 12.8. The Hall–Kier alpha value is -2.51. The highest BCUT2D eigenvalue weighted by Gasteiger charge is 2.62. The average Bonchev–Trinajstić information content (AvgIpc) is 2.67. The van der Waals surface area contributed by atoms with Gasteiger partial charge in [0.25, 0.3) is 5.91 Å². The molecule has 2 N–H and O–H groups in total. The minimum Gasteiger partial charge on any atom is -0.381 e. The molecule has 0 heterocycles. The van der Waals surface area contributed by atoms with E-state index in [4.69, 9.17) is 11.6 Å². The Morgan fingerprint density at radius 1 is 1.00 bits per heavy atom. The summed E-state index contributed by atoms with van der Waals surface area (Å²) >= 11 is 6.34. The van der Waals surface area contributed by atoms with Crippen molar-refractivity contribution in [2.45, 2.75) is 53.6 Å². The van der Waals surface area contributed by atoms with Crippen LogP contribution in [-0.2, 0) is 0 Å². The van der Waals surface area contributed by atoms with E-state index in [-0.39, 0.29) is 28.8 Å². The first-order valence-corrected chi connectivity index (χ1v) is 10.2. The molecular formula is C24H28ClN3O. The first kappa shape index (κ1) is 21.2. The van der Waals surface area contributed by atoms with Gasteiger partial charge in [-0.2, -0.15) is 5.26 Å². The van der Waals surface area contributed by atoms with E-state index in [1.165, 1.54) is 0 Å². The van der Waals surface area contributed by atoms with E-state index in [2.05, 4.69) is 44.4 Å². The van der Waals surface area contributed by atoms with Gasteiger partial charge in [-0.1, -0.05) is 57.0 Å². The highest BCUT2D eigenvalue weighted by atomic mass is 35.5. The first-order chi connectivity index (χ1) is 13.5. The van der Waals surface area contributed by atoms with Crippen LogP contribution in [0, 0.1) is 36.0 Å². The van der Waals surface area contributed by atoms with Crippen molar-refractivity contribution in [3.05, 3.63) is 63.7 Å². The van der Waals surface area contributed by atoms with Gasteiger partial charge < -0.3 is 10.6 Å². The number of anilines is 1. The van der Waals surface area contributed by atoms with Crippen LogP contribution < -0.4 is 10.6 Å². The number of nitriles is 1. The van der Waals surface area contributed by atoms with Crippen molar-refractivity contribution in [1.82, 2.24) is 5.32 Å². The van der Waals surface area contributed by atoms with Crippen LogP contribution in [0.4, 0.5) is 5.69 Å². The van der Waals surface area contributed by atoms with Gasteiger partial charge in [0.2, 0.25) is 0 Å². The fourth-order valence-corrected chi connectivity index (χ4v) is 5.11. The average molecular weight is 410 g/mol. The van der Waals surface area contributed by atoms with Gasteiger partial charge in [-0.25, -0.2) is 0 Å². The minimum absolute atomic E-state index is 0.00969. The number of carbonyl (C=O) groups excluding carboxylic acids is 1. The Morgan fingerprint density at radius 3 is 2.14 bits per heavy atom. The molecule has 0 atom stereocenters. The Labute approximate surface area is 178 Å². The predicted octanol–water partition coefficient (Wildman–Crippen LogP) is 5.47. The second kappa shape index (κ2) is 7.39. The van der Waals surface area contributed by atoms with Crippen LogP contribution >= 0.6 is 11.6 Å². The molecule has 1 amide bonds. The number of benzene rings is 2. The van der Waals surface area contributed by atoms with Crippen molar-refractivity contribution >= 4 is 23.2 Å². The number of rotatable bonds is 4. The molecule has 0 aromatic heterocycles. The summed E-state index contributed by atoms with van der Waals surface area (Å²) < 4.78 is 0. The maximum absolute atomic E-state index is 12.8. The quantitative estimate of drug-likeness (QED) is 0.703. The molecule has 0 bridgehead atoms. The van der Waals surface area contributed by atoms with E-state index in [0.29, 0.717) is 16.1 Å². The summed E-state index contributed by atoms with van der Waals surface area (Å²) in [6, 6.07) is 13.5. The smallest absolute Gasteiger partial charge is 0.251 e. The van der Waals surface area contributed by atoms with Crippen molar-refractivity contribution in [2.24, 2.45) is 10.8 Å². The molecule has 1 fully saturated rings. The fraction of sp³-hybridized carbons (Fsp3) is 0.417. The molecule has 29 heavy (non-hydrogen) atoms. The zero-order valence-electron chi connectivity index (χ0n) is 17.9. The van der Waals surface area contributed by atoms with E-state index in [9.17, 15) is 10.1 Å². The molecule has 1 saturated carbocycles. The van der Waals surface area contributed by atoms with E-state index < -0.39 is 0 Å². The molecule has 0 aliphatic heterocycles. The van der Waals surface area contributed by atoms with Crippen LogP contribution in [0.25, 0.3) is 0 Å². The molecule has 0 spiro atoms. The second-order valence-electron chi connectivity index (χ2n) is 9.20. The number of nitrogens with zero attached hydrogens (tertiary/aromatic N) is 1. The molecule has 5 heteroatoms. The van der Waals surface area contributed by atoms with Crippen molar-refractivity contribution in [3.63, 3.8) is 0 Å². The minimum atomic E-state index is -0.170. The monoisotopic (exact) mass is 409 g/mol. The van der Waals surface area contributed by atoms with Crippen molar-refractivity contribution in [2.75, 3.05) is 5.32 Å². The summed E-state index contributed by atoms with van der Waals surface area (Å²) in [6.07, 6.45) is 0. The lowest BCUT2D eigenvalue weighted by atomic mass is 9.48. The van der Waals surface area contributed by atoms with Crippen LogP contribution in [-0.4, -0.2) is 18.0 Å². The summed E-state index contributed by atoms with van der Waals surface area (Å²) in [5.74, 6) is -0.0489. The lowest BCUT2D eigenvalue weighted by Gasteiger charge is -2.64. The highest BCUT2D eigenvalue weighted by molar-refractivity contribution is 6.32. The normalized spacial score (nSPS) is 21.6. The molecule has 4 nitrogen and oxygen atoms in total. The highest BCUT2D eigenvalue weighted by Crippen LogP contribution is 2.55. The number of nitrogens with one attached hydrogen (secondary N) is 2. The van der Waals surface area contributed by atoms with Gasteiger partial charge in [-0.15, -0.1) is 0 Å². The molecule has 0 radical (unpaired) electrons. The van der Waals surface area contributed by atoms with Crippen LogP contribution in [0.15, 0.2) is 36.4 Å². The third-order valence-electron chi connectivity index (χ3n) is 6.37. The lowest BCUT2D eigenvalue weighted by Crippen LogP contribution is -2.75. The number of amides is 1. The largest absolute Gasteiger partial charge is 0.381 e. The Morgan fingerprint density at radius 2 is 1.59 bits per heavy atom. The zero-order valence-corrected chi connectivity index (χ0v) is 18.6. The first-order valence-electron chi connectivity index (χ1n) is 9.83. The second-order valence-corrected chi connectivity index (χ2v) is 9.58. The van der Waals surface area contributed by atoms with Crippen molar-refractivity contribution < 1.29 is 4.79 Å². The molecule has 1 aliphatic rings. The van der Waals surface area contributed by atoms with Gasteiger partial charge in [0.15, 0.2) is 0 Å². The number of halogens is 1. The predicted molar refractivity (Wildman–Crippen MR) is 118 cm³/mol.